The molecule has 1 saturated heterocycles. The lowest BCUT2D eigenvalue weighted by atomic mass is 10.1. The number of methoxy groups -OCH3 is 2. The van der Waals surface area contributed by atoms with Crippen molar-refractivity contribution < 1.29 is 40.1 Å². The van der Waals surface area contributed by atoms with Gasteiger partial charge in [0.1, 0.15) is 10.6 Å². The summed E-state index contributed by atoms with van der Waals surface area (Å²) >= 11 is 0. The minimum absolute atomic E-state index is 0.237. The molecule has 2 aliphatic rings. The maximum absolute atomic E-state index is 12.6. The summed E-state index contributed by atoms with van der Waals surface area (Å²) in [4.78, 5) is 24.9. The summed E-state index contributed by atoms with van der Waals surface area (Å²) in [7, 11) is -6.36. The molecule has 152 valence electrons. The van der Waals surface area contributed by atoms with Gasteiger partial charge in [-0.15, -0.1) is 0 Å². The van der Waals surface area contributed by atoms with Crippen molar-refractivity contribution in [1.29, 1.82) is 0 Å². The number of rotatable bonds is 5. The number of fused-ring (bicyclic) bond motifs is 1. The second kappa shape index (κ2) is 6.87. The van der Waals surface area contributed by atoms with Gasteiger partial charge in [0.15, 0.2) is 32.8 Å². The zero-order valence-electron chi connectivity index (χ0n) is 15.1. The number of hydrogen-bond donors (Lipinski definition) is 0. The van der Waals surface area contributed by atoms with Crippen LogP contribution in [0.2, 0.25) is 0 Å². The molecule has 0 N–H and O–H groups in total. The molecule has 2 heterocycles. The average Bonchev–Trinajstić information content (AvgIpc) is 2.61. The Balaban J connectivity index is 2.09. The Labute approximate surface area is 161 Å². The predicted octanol–water partition coefficient (Wildman–Crippen LogP) is -0.303. The van der Waals surface area contributed by atoms with Gasteiger partial charge in [-0.1, -0.05) is 17.7 Å². The number of amides is 1. The normalized spacial score (nSPS) is 23.7. The first-order valence-electron chi connectivity index (χ1n) is 7.93. The molecule has 2 aliphatic heterocycles. The molecule has 2 unspecified atom stereocenters. The summed E-state index contributed by atoms with van der Waals surface area (Å²) in [6, 6.07) is 5.61. The molecular weight excluding hydrogens is 414 g/mol. The predicted molar refractivity (Wildman–Crippen MR) is 93.7 cm³/mol. The Bertz CT molecular complexity index is 1070. The second-order valence-electron chi connectivity index (χ2n) is 6.18. The van der Waals surface area contributed by atoms with Gasteiger partial charge in [0.2, 0.25) is 0 Å². The molecule has 2 atom stereocenters. The summed E-state index contributed by atoms with van der Waals surface area (Å²) in [6.45, 7) is 1.75. The van der Waals surface area contributed by atoms with Crippen molar-refractivity contribution in [2.75, 3.05) is 20.0 Å². The molecule has 0 bridgehead atoms. The van der Waals surface area contributed by atoms with Crippen LogP contribution >= 0.6 is 0 Å². The molecule has 1 aromatic rings. The van der Waals surface area contributed by atoms with Crippen molar-refractivity contribution in [3.8, 4) is 0 Å². The van der Waals surface area contributed by atoms with Crippen LogP contribution < -0.4 is 0 Å². The van der Waals surface area contributed by atoms with Crippen LogP contribution in [-0.2, 0) is 43.2 Å². The number of aryl methyl sites for hydroxylation is 1. The van der Waals surface area contributed by atoms with E-state index < -0.39 is 60.5 Å². The smallest absolute Gasteiger partial charge is 0.358 e. The van der Waals surface area contributed by atoms with E-state index in [1.807, 2.05) is 0 Å². The molecule has 0 radical (unpaired) electrons. The third-order valence-corrected chi connectivity index (χ3v) is 7.48. The van der Waals surface area contributed by atoms with Crippen LogP contribution in [0.1, 0.15) is 5.56 Å². The number of benzene rings is 1. The van der Waals surface area contributed by atoms with E-state index in [1.54, 1.807) is 6.92 Å². The van der Waals surface area contributed by atoms with Gasteiger partial charge in [-0.25, -0.2) is 13.2 Å². The highest BCUT2D eigenvalue weighted by molar-refractivity contribution is 7.92. The van der Waals surface area contributed by atoms with Gasteiger partial charge >= 0.3 is 16.1 Å². The first kappa shape index (κ1) is 20.3. The van der Waals surface area contributed by atoms with Gasteiger partial charge in [-0.05, 0) is 19.1 Å². The fourth-order valence-electron chi connectivity index (χ4n) is 2.97. The second-order valence-corrected chi connectivity index (χ2v) is 9.82. The maximum atomic E-state index is 12.6. The van der Waals surface area contributed by atoms with Crippen LogP contribution in [0.4, 0.5) is 0 Å². The highest BCUT2D eigenvalue weighted by atomic mass is 32.2. The first-order valence-corrected chi connectivity index (χ1v) is 11.1. The standard InChI is InChI=1S/C16H17NO9S2/c1-9-4-6-10(7-5-9)28(22,23)26-11-8-27(20,21)15-13(24-2)14(18)17(15)12(11)16(19)25-3/h4-7,13,15H,8H2,1-3H3. The molecule has 3 rings (SSSR count). The van der Waals surface area contributed by atoms with Gasteiger partial charge < -0.3 is 13.7 Å². The van der Waals surface area contributed by atoms with E-state index in [1.165, 1.54) is 24.3 Å². The van der Waals surface area contributed by atoms with Crippen LogP contribution in [0.3, 0.4) is 0 Å². The molecule has 1 aromatic carbocycles. The zero-order valence-corrected chi connectivity index (χ0v) is 16.7. The third kappa shape index (κ3) is 3.16. The Morgan fingerprint density at radius 3 is 2.32 bits per heavy atom. The van der Waals surface area contributed by atoms with E-state index >= 15 is 0 Å². The van der Waals surface area contributed by atoms with Gasteiger partial charge in [0.05, 0.1) is 7.11 Å². The number of esters is 1. The fraction of sp³-hybridized carbons (Fsp3) is 0.375. The Morgan fingerprint density at radius 2 is 1.79 bits per heavy atom. The highest BCUT2D eigenvalue weighted by Crippen LogP contribution is 2.39. The summed E-state index contributed by atoms with van der Waals surface area (Å²) < 4.78 is 64.7. The SMILES string of the molecule is COC(=O)C1=C(OS(=O)(=O)c2ccc(C)cc2)CS(=O)(=O)C2C(OC)C(=O)N12. The highest BCUT2D eigenvalue weighted by Gasteiger charge is 2.61. The molecule has 12 heteroatoms. The number of β-lactam (4-membered cyclic amide) rings is 1. The van der Waals surface area contributed by atoms with Crippen molar-refractivity contribution in [3.63, 3.8) is 0 Å². The zero-order chi connectivity index (χ0) is 20.9. The van der Waals surface area contributed by atoms with E-state index in [-0.39, 0.29) is 4.90 Å². The van der Waals surface area contributed by atoms with Crippen molar-refractivity contribution in [1.82, 2.24) is 4.90 Å². The summed E-state index contributed by atoms with van der Waals surface area (Å²) in [5.74, 6) is -3.52. The maximum Gasteiger partial charge on any atom is 0.358 e. The monoisotopic (exact) mass is 431 g/mol. The van der Waals surface area contributed by atoms with Crippen molar-refractivity contribution in [3.05, 3.63) is 41.3 Å². The Morgan fingerprint density at radius 1 is 1.18 bits per heavy atom. The number of hydrogen-bond acceptors (Lipinski definition) is 9. The van der Waals surface area contributed by atoms with E-state index in [2.05, 4.69) is 4.74 Å². The summed E-state index contributed by atoms with van der Waals surface area (Å²) in [5.41, 5.74) is 0.226. The van der Waals surface area contributed by atoms with Crippen molar-refractivity contribution in [2.24, 2.45) is 0 Å². The lowest BCUT2D eigenvalue weighted by Gasteiger charge is -2.47. The average molecular weight is 431 g/mol. The van der Waals surface area contributed by atoms with Gasteiger partial charge in [0.25, 0.3) is 5.91 Å². The number of sulfone groups is 1. The minimum atomic E-state index is -4.45. The molecule has 28 heavy (non-hydrogen) atoms. The molecule has 0 aliphatic carbocycles. The van der Waals surface area contributed by atoms with Crippen molar-refractivity contribution >= 4 is 31.8 Å². The molecule has 0 saturated carbocycles. The first-order chi connectivity index (χ1) is 13.0. The van der Waals surface area contributed by atoms with Gasteiger partial charge in [-0.2, -0.15) is 8.42 Å². The van der Waals surface area contributed by atoms with E-state index in [0.29, 0.717) is 4.90 Å². The van der Waals surface area contributed by atoms with Gasteiger partial charge in [0, 0.05) is 7.11 Å². The molecule has 1 fully saturated rings. The number of carbonyl (C=O) groups is 2. The van der Waals surface area contributed by atoms with Crippen LogP contribution in [0, 0.1) is 6.92 Å². The van der Waals surface area contributed by atoms with E-state index in [0.717, 1.165) is 19.8 Å². The molecule has 0 spiro atoms. The Kier molecular flexibility index (Phi) is 4.98. The fourth-order valence-corrected chi connectivity index (χ4v) is 5.88. The van der Waals surface area contributed by atoms with Crippen LogP contribution in [0.25, 0.3) is 0 Å². The van der Waals surface area contributed by atoms with E-state index in [9.17, 15) is 26.4 Å². The summed E-state index contributed by atoms with van der Waals surface area (Å²) in [6.07, 6.45) is -1.29. The molecular formula is C16H17NO9S2. The van der Waals surface area contributed by atoms with Crippen LogP contribution in [-0.4, -0.2) is 65.1 Å². The quantitative estimate of drug-likeness (QED) is 0.350. The number of carbonyl (C=O) groups excluding carboxylic acids is 2. The molecule has 0 aromatic heterocycles. The lowest BCUT2D eigenvalue weighted by Crippen LogP contribution is -2.70. The molecule has 10 nitrogen and oxygen atoms in total. The number of ether oxygens (including phenoxy) is 2. The van der Waals surface area contributed by atoms with E-state index in [4.69, 9.17) is 8.92 Å². The minimum Gasteiger partial charge on any atom is -0.464 e. The number of nitrogens with zero attached hydrogens (tertiary/aromatic N) is 1. The van der Waals surface area contributed by atoms with Crippen molar-refractivity contribution in [2.45, 2.75) is 23.3 Å². The summed E-state index contributed by atoms with van der Waals surface area (Å²) in [5, 5.41) is -1.45. The topological polar surface area (TPSA) is 133 Å². The van der Waals surface area contributed by atoms with Gasteiger partial charge in [-0.3, -0.25) is 9.69 Å². The lowest BCUT2D eigenvalue weighted by molar-refractivity contribution is -0.163. The third-order valence-electron chi connectivity index (χ3n) is 4.35. The Hall–Kier alpha value is -2.44. The molecule has 1 amide bonds. The largest absolute Gasteiger partial charge is 0.464 e. The van der Waals surface area contributed by atoms with Crippen LogP contribution in [0.15, 0.2) is 40.6 Å². The van der Waals surface area contributed by atoms with Crippen LogP contribution in [0.5, 0.6) is 0 Å².